The highest BCUT2D eigenvalue weighted by Crippen LogP contribution is 2.29. The first-order valence-corrected chi connectivity index (χ1v) is 5.02. The lowest BCUT2D eigenvalue weighted by atomic mass is 10.1. The zero-order valence-corrected chi connectivity index (χ0v) is 9.42. The summed E-state index contributed by atoms with van der Waals surface area (Å²) < 4.78 is 28.4. The van der Waals surface area contributed by atoms with Crippen molar-refractivity contribution in [3.63, 3.8) is 0 Å². The number of benzene rings is 1. The molecule has 0 unspecified atom stereocenters. The molecule has 0 saturated carbocycles. The summed E-state index contributed by atoms with van der Waals surface area (Å²) >= 11 is 3.26. The van der Waals surface area contributed by atoms with Crippen molar-refractivity contribution < 1.29 is 8.78 Å². The van der Waals surface area contributed by atoms with Gasteiger partial charge in [0.05, 0.1) is 16.4 Å². The summed E-state index contributed by atoms with van der Waals surface area (Å²) in [6.07, 6.45) is 1.57. The van der Waals surface area contributed by atoms with Crippen molar-refractivity contribution in [2.24, 2.45) is 7.05 Å². The van der Waals surface area contributed by atoms with Gasteiger partial charge in [-0.25, -0.2) is 8.78 Å². The van der Waals surface area contributed by atoms with E-state index in [1.807, 2.05) is 0 Å². The quantitative estimate of drug-likeness (QED) is 0.780. The SMILES string of the molecule is Cn1ncc(Br)c1-c1ccc(F)cc1F. The summed E-state index contributed by atoms with van der Waals surface area (Å²) in [5.74, 6) is -1.19. The van der Waals surface area contributed by atoms with Gasteiger partial charge in [-0.05, 0) is 28.1 Å². The maximum absolute atomic E-state index is 13.5. The molecule has 0 atom stereocenters. The molecular weight excluding hydrogens is 266 g/mol. The molecule has 0 radical (unpaired) electrons. The minimum atomic E-state index is -0.598. The van der Waals surface area contributed by atoms with Crippen LogP contribution in [-0.2, 0) is 7.05 Å². The number of nitrogens with zero attached hydrogens (tertiary/aromatic N) is 2. The molecule has 0 aliphatic carbocycles. The van der Waals surface area contributed by atoms with Gasteiger partial charge < -0.3 is 0 Å². The van der Waals surface area contributed by atoms with E-state index in [4.69, 9.17) is 0 Å². The van der Waals surface area contributed by atoms with E-state index < -0.39 is 11.6 Å². The van der Waals surface area contributed by atoms with Gasteiger partial charge in [-0.3, -0.25) is 4.68 Å². The predicted molar refractivity (Wildman–Crippen MR) is 56.3 cm³/mol. The molecule has 0 amide bonds. The van der Waals surface area contributed by atoms with Crippen molar-refractivity contribution in [1.29, 1.82) is 0 Å². The van der Waals surface area contributed by atoms with Gasteiger partial charge in [0.25, 0.3) is 0 Å². The van der Waals surface area contributed by atoms with Crippen LogP contribution >= 0.6 is 15.9 Å². The Labute approximate surface area is 93.7 Å². The van der Waals surface area contributed by atoms with E-state index in [1.54, 1.807) is 13.2 Å². The van der Waals surface area contributed by atoms with E-state index in [0.717, 1.165) is 6.07 Å². The molecule has 5 heteroatoms. The lowest BCUT2D eigenvalue weighted by Gasteiger charge is -2.04. The average Bonchev–Trinajstić information content (AvgIpc) is 2.48. The molecule has 0 saturated heterocycles. The maximum atomic E-state index is 13.5. The summed E-state index contributed by atoms with van der Waals surface area (Å²) in [4.78, 5) is 0. The van der Waals surface area contributed by atoms with Gasteiger partial charge in [0, 0.05) is 18.7 Å². The second-order valence-corrected chi connectivity index (χ2v) is 3.94. The molecule has 2 aromatic rings. The molecule has 2 rings (SSSR count). The molecule has 15 heavy (non-hydrogen) atoms. The Hall–Kier alpha value is -1.23. The van der Waals surface area contributed by atoms with Crippen LogP contribution in [0.3, 0.4) is 0 Å². The van der Waals surface area contributed by atoms with Gasteiger partial charge in [0.1, 0.15) is 11.6 Å². The van der Waals surface area contributed by atoms with E-state index in [0.29, 0.717) is 15.7 Å². The number of hydrogen-bond acceptors (Lipinski definition) is 1. The smallest absolute Gasteiger partial charge is 0.135 e. The van der Waals surface area contributed by atoms with Crippen molar-refractivity contribution in [2.75, 3.05) is 0 Å². The van der Waals surface area contributed by atoms with Crippen molar-refractivity contribution in [3.8, 4) is 11.3 Å². The molecule has 2 nitrogen and oxygen atoms in total. The molecule has 1 aromatic heterocycles. The highest BCUT2D eigenvalue weighted by atomic mass is 79.9. The Morgan fingerprint density at radius 3 is 2.60 bits per heavy atom. The van der Waals surface area contributed by atoms with Gasteiger partial charge in [-0.2, -0.15) is 5.10 Å². The van der Waals surface area contributed by atoms with E-state index in [-0.39, 0.29) is 0 Å². The number of aryl methyl sites for hydroxylation is 1. The van der Waals surface area contributed by atoms with Crippen molar-refractivity contribution in [1.82, 2.24) is 9.78 Å². The van der Waals surface area contributed by atoms with Crippen LogP contribution in [0.15, 0.2) is 28.9 Å². The van der Waals surface area contributed by atoms with Crippen LogP contribution in [0, 0.1) is 11.6 Å². The standard InChI is InChI=1S/C10H7BrF2N2/c1-15-10(8(11)5-14-15)7-3-2-6(12)4-9(7)13/h2-5H,1H3. The summed E-state index contributed by atoms with van der Waals surface area (Å²) in [7, 11) is 1.70. The van der Waals surface area contributed by atoms with Crippen LogP contribution < -0.4 is 0 Å². The van der Waals surface area contributed by atoms with Crippen molar-refractivity contribution in [3.05, 3.63) is 40.5 Å². The molecule has 0 aliphatic rings. The lowest BCUT2D eigenvalue weighted by Crippen LogP contribution is -1.96. The minimum Gasteiger partial charge on any atom is -0.267 e. The normalized spacial score (nSPS) is 10.7. The summed E-state index contributed by atoms with van der Waals surface area (Å²) in [5.41, 5.74) is 0.913. The van der Waals surface area contributed by atoms with E-state index >= 15 is 0 Å². The minimum absolute atomic E-state index is 0.322. The van der Waals surface area contributed by atoms with Crippen molar-refractivity contribution in [2.45, 2.75) is 0 Å². The topological polar surface area (TPSA) is 17.8 Å². The van der Waals surface area contributed by atoms with Gasteiger partial charge in [0.2, 0.25) is 0 Å². The monoisotopic (exact) mass is 272 g/mol. The molecule has 0 spiro atoms. The first-order chi connectivity index (χ1) is 7.09. The molecule has 0 aliphatic heterocycles. The molecule has 78 valence electrons. The molecule has 1 heterocycles. The Morgan fingerprint density at radius 2 is 2.07 bits per heavy atom. The number of halogens is 3. The van der Waals surface area contributed by atoms with Crippen LogP contribution in [0.25, 0.3) is 11.3 Å². The first-order valence-electron chi connectivity index (χ1n) is 4.22. The number of hydrogen-bond donors (Lipinski definition) is 0. The predicted octanol–water partition coefficient (Wildman–Crippen LogP) is 3.13. The zero-order chi connectivity index (χ0) is 11.0. The first kappa shape index (κ1) is 10.3. The third-order valence-electron chi connectivity index (χ3n) is 2.08. The summed E-state index contributed by atoms with van der Waals surface area (Å²) in [6, 6.07) is 3.47. The average molecular weight is 273 g/mol. The molecule has 0 bridgehead atoms. The Balaban J connectivity index is 2.64. The Bertz CT molecular complexity index is 489. The van der Waals surface area contributed by atoms with Crippen LogP contribution in [0.4, 0.5) is 8.78 Å². The van der Waals surface area contributed by atoms with E-state index in [2.05, 4.69) is 21.0 Å². The zero-order valence-electron chi connectivity index (χ0n) is 7.84. The third-order valence-corrected chi connectivity index (χ3v) is 2.66. The van der Waals surface area contributed by atoms with Crippen LogP contribution in [-0.4, -0.2) is 9.78 Å². The van der Waals surface area contributed by atoms with Gasteiger partial charge in [-0.1, -0.05) is 0 Å². The second-order valence-electron chi connectivity index (χ2n) is 3.09. The highest BCUT2D eigenvalue weighted by molar-refractivity contribution is 9.10. The van der Waals surface area contributed by atoms with Crippen LogP contribution in [0.2, 0.25) is 0 Å². The highest BCUT2D eigenvalue weighted by Gasteiger charge is 2.13. The van der Waals surface area contributed by atoms with E-state index in [9.17, 15) is 8.78 Å². The summed E-state index contributed by atoms with van der Waals surface area (Å²) in [5, 5.41) is 3.97. The van der Waals surface area contributed by atoms with E-state index in [1.165, 1.54) is 16.8 Å². The Kier molecular flexibility index (Phi) is 2.56. The van der Waals surface area contributed by atoms with Gasteiger partial charge >= 0.3 is 0 Å². The summed E-state index contributed by atoms with van der Waals surface area (Å²) in [6.45, 7) is 0. The van der Waals surface area contributed by atoms with Crippen LogP contribution in [0.5, 0.6) is 0 Å². The van der Waals surface area contributed by atoms with Crippen molar-refractivity contribution >= 4 is 15.9 Å². The molecule has 0 N–H and O–H groups in total. The molecule has 0 fully saturated rings. The maximum Gasteiger partial charge on any atom is 0.135 e. The molecular formula is C10H7BrF2N2. The largest absolute Gasteiger partial charge is 0.267 e. The number of aromatic nitrogens is 2. The molecule has 1 aromatic carbocycles. The van der Waals surface area contributed by atoms with Crippen LogP contribution in [0.1, 0.15) is 0 Å². The lowest BCUT2D eigenvalue weighted by molar-refractivity contribution is 0.584. The fourth-order valence-electron chi connectivity index (χ4n) is 1.40. The van der Waals surface area contributed by atoms with Gasteiger partial charge in [-0.15, -0.1) is 0 Å². The van der Waals surface area contributed by atoms with Gasteiger partial charge in [0.15, 0.2) is 0 Å². The third kappa shape index (κ3) is 1.79. The Morgan fingerprint density at radius 1 is 1.33 bits per heavy atom. The fraction of sp³-hybridized carbons (Fsp3) is 0.100. The fourth-order valence-corrected chi connectivity index (χ4v) is 1.96. The second kappa shape index (κ2) is 3.73. The number of rotatable bonds is 1.